The van der Waals surface area contributed by atoms with Gasteiger partial charge in [-0.3, -0.25) is 4.79 Å². The number of carbonyl (C=O) groups excluding carboxylic acids is 1. The van der Waals surface area contributed by atoms with Crippen LogP contribution in [0.4, 0.5) is 5.82 Å². The van der Waals surface area contributed by atoms with E-state index in [0.717, 1.165) is 25.1 Å². The minimum Gasteiger partial charge on any atom is -0.365 e. The van der Waals surface area contributed by atoms with E-state index in [1.54, 1.807) is 22.9 Å². The summed E-state index contributed by atoms with van der Waals surface area (Å²) in [6.45, 7) is 1.38. The number of carbonyl (C=O) groups is 1. The van der Waals surface area contributed by atoms with Crippen LogP contribution >= 0.6 is 0 Å². The number of aromatic amines is 1. The van der Waals surface area contributed by atoms with Crippen LogP contribution in [0.15, 0.2) is 53.5 Å². The Labute approximate surface area is 155 Å². The SMILES string of the molecule is NC(=O)c1cccnc1N1CCC[C@@H](c2n[nH]c(=O)n2-c2ccccc2)C1. The molecule has 138 valence electrons. The summed E-state index contributed by atoms with van der Waals surface area (Å²) in [6.07, 6.45) is 3.45. The van der Waals surface area contributed by atoms with Crippen molar-refractivity contribution in [2.75, 3.05) is 18.0 Å². The molecule has 27 heavy (non-hydrogen) atoms. The summed E-state index contributed by atoms with van der Waals surface area (Å²) >= 11 is 0. The first-order valence-corrected chi connectivity index (χ1v) is 8.87. The number of benzene rings is 1. The van der Waals surface area contributed by atoms with Crippen molar-refractivity contribution in [3.63, 3.8) is 0 Å². The lowest BCUT2D eigenvalue weighted by Gasteiger charge is -2.33. The molecule has 1 atom stereocenters. The van der Waals surface area contributed by atoms with Gasteiger partial charge in [0.2, 0.25) is 0 Å². The average molecular weight is 364 g/mol. The fraction of sp³-hybridized carbons (Fsp3) is 0.263. The molecule has 1 saturated heterocycles. The molecule has 1 aromatic carbocycles. The van der Waals surface area contributed by atoms with Gasteiger partial charge in [-0.1, -0.05) is 18.2 Å². The van der Waals surface area contributed by atoms with E-state index in [2.05, 4.69) is 15.2 Å². The molecule has 3 aromatic rings. The van der Waals surface area contributed by atoms with Crippen LogP contribution in [-0.4, -0.2) is 38.7 Å². The molecule has 0 bridgehead atoms. The maximum Gasteiger partial charge on any atom is 0.347 e. The van der Waals surface area contributed by atoms with E-state index in [-0.39, 0.29) is 11.6 Å². The van der Waals surface area contributed by atoms with Crippen LogP contribution in [0.2, 0.25) is 0 Å². The molecule has 3 heterocycles. The normalized spacial score (nSPS) is 17.0. The topological polar surface area (TPSA) is 110 Å². The second-order valence-corrected chi connectivity index (χ2v) is 6.58. The monoisotopic (exact) mass is 364 g/mol. The second kappa shape index (κ2) is 7.06. The molecule has 0 spiro atoms. The summed E-state index contributed by atoms with van der Waals surface area (Å²) in [7, 11) is 0. The number of aromatic nitrogens is 4. The number of anilines is 1. The third-order valence-corrected chi connectivity index (χ3v) is 4.85. The van der Waals surface area contributed by atoms with Crippen molar-refractivity contribution >= 4 is 11.7 Å². The Bertz CT molecular complexity index is 1010. The molecule has 1 fully saturated rings. The molecular weight excluding hydrogens is 344 g/mol. The first kappa shape index (κ1) is 17.0. The summed E-state index contributed by atoms with van der Waals surface area (Å²) in [5.74, 6) is 0.799. The average Bonchev–Trinajstić information content (AvgIpc) is 3.10. The molecule has 0 aliphatic carbocycles. The van der Waals surface area contributed by atoms with E-state index in [4.69, 9.17) is 5.73 Å². The molecule has 1 aliphatic heterocycles. The van der Waals surface area contributed by atoms with E-state index in [1.807, 2.05) is 35.2 Å². The van der Waals surface area contributed by atoms with Gasteiger partial charge in [0.05, 0.1) is 11.3 Å². The molecule has 8 heteroatoms. The lowest BCUT2D eigenvalue weighted by molar-refractivity contribution is 0.100. The lowest BCUT2D eigenvalue weighted by atomic mass is 9.96. The Hall–Kier alpha value is -3.42. The van der Waals surface area contributed by atoms with Crippen LogP contribution in [0.25, 0.3) is 5.69 Å². The fourth-order valence-electron chi connectivity index (χ4n) is 3.63. The largest absolute Gasteiger partial charge is 0.365 e. The molecule has 3 N–H and O–H groups in total. The molecule has 0 unspecified atom stereocenters. The van der Waals surface area contributed by atoms with Crippen molar-refractivity contribution < 1.29 is 4.79 Å². The summed E-state index contributed by atoms with van der Waals surface area (Å²) < 4.78 is 1.61. The minimum atomic E-state index is -0.499. The van der Waals surface area contributed by atoms with Crippen molar-refractivity contribution in [2.45, 2.75) is 18.8 Å². The third-order valence-electron chi connectivity index (χ3n) is 4.85. The van der Waals surface area contributed by atoms with E-state index in [0.29, 0.717) is 23.8 Å². The Morgan fingerprint density at radius 2 is 2.00 bits per heavy atom. The van der Waals surface area contributed by atoms with E-state index in [9.17, 15) is 9.59 Å². The molecule has 1 aliphatic rings. The standard InChI is InChI=1S/C19H20N6O2/c20-16(26)15-9-4-10-21-18(15)24-11-5-6-13(12-24)17-22-23-19(27)25(17)14-7-2-1-3-8-14/h1-4,7-10,13H,5-6,11-12H2,(H2,20,26)(H,23,27)/t13-/m1/s1. The summed E-state index contributed by atoms with van der Waals surface area (Å²) in [5, 5.41) is 6.85. The maximum absolute atomic E-state index is 12.3. The number of amides is 1. The van der Waals surface area contributed by atoms with Crippen LogP contribution in [0, 0.1) is 0 Å². The second-order valence-electron chi connectivity index (χ2n) is 6.58. The number of nitrogens with zero attached hydrogens (tertiary/aromatic N) is 4. The Kier molecular flexibility index (Phi) is 4.45. The summed E-state index contributed by atoms with van der Waals surface area (Å²) in [4.78, 5) is 30.5. The van der Waals surface area contributed by atoms with Gasteiger partial charge in [-0.25, -0.2) is 19.4 Å². The predicted molar refractivity (Wildman–Crippen MR) is 101 cm³/mol. The highest BCUT2D eigenvalue weighted by Gasteiger charge is 2.29. The highest BCUT2D eigenvalue weighted by Crippen LogP contribution is 2.30. The highest BCUT2D eigenvalue weighted by atomic mass is 16.2. The number of nitrogens with two attached hydrogens (primary N) is 1. The maximum atomic E-state index is 12.3. The number of pyridine rings is 1. The zero-order valence-corrected chi connectivity index (χ0v) is 14.7. The smallest absolute Gasteiger partial charge is 0.347 e. The highest BCUT2D eigenvalue weighted by molar-refractivity contribution is 5.97. The predicted octanol–water partition coefficient (Wildman–Crippen LogP) is 1.44. The van der Waals surface area contributed by atoms with Crippen LogP contribution in [-0.2, 0) is 0 Å². The Morgan fingerprint density at radius 3 is 2.78 bits per heavy atom. The van der Waals surface area contributed by atoms with E-state index >= 15 is 0 Å². The van der Waals surface area contributed by atoms with Gasteiger partial charge in [0.25, 0.3) is 5.91 Å². The number of para-hydroxylation sites is 1. The van der Waals surface area contributed by atoms with Gasteiger partial charge < -0.3 is 10.6 Å². The molecule has 0 radical (unpaired) electrons. The summed E-state index contributed by atoms with van der Waals surface area (Å²) in [6, 6.07) is 12.8. The van der Waals surface area contributed by atoms with Gasteiger partial charge in [0, 0.05) is 25.2 Å². The van der Waals surface area contributed by atoms with Crippen molar-refractivity contribution in [3.8, 4) is 5.69 Å². The zero-order chi connectivity index (χ0) is 18.8. The van der Waals surface area contributed by atoms with Crippen molar-refractivity contribution in [1.82, 2.24) is 19.7 Å². The van der Waals surface area contributed by atoms with Crippen LogP contribution in [0.1, 0.15) is 34.9 Å². The van der Waals surface area contributed by atoms with Crippen molar-refractivity contribution in [1.29, 1.82) is 0 Å². The van der Waals surface area contributed by atoms with Crippen LogP contribution in [0.3, 0.4) is 0 Å². The number of piperidine rings is 1. The lowest BCUT2D eigenvalue weighted by Crippen LogP contribution is -2.37. The van der Waals surface area contributed by atoms with Gasteiger partial charge in [0.1, 0.15) is 11.6 Å². The fourth-order valence-corrected chi connectivity index (χ4v) is 3.63. The zero-order valence-electron chi connectivity index (χ0n) is 14.7. The molecule has 8 nitrogen and oxygen atoms in total. The summed E-state index contributed by atoms with van der Waals surface area (Å²) in [5.41, 5.74) is 6.42. The first-order valence-electron chi connectivity index (χ1n) is 8.87. The molecule has 2 aromatic heterocycles. The van der Waals surface area contributed by atoms with Gasteiger partial charge in [-0.05, 0) is 37.1 Å². The van der Waals surface area contributed by atoms with Crippen molar-refractivity contribution in [2.24, 2.45) is 5.73 Å². The molecule has 0 saturated carbocycles. The molecular formula is C19H20N6O2. The van der Waals surface area contributed by atoms with Crippen molar-refractivity contribution in [3.05, 3.63) is 70.5 Å². The minimum absolute atomic E-state index is 0.0284. The number of H-pyrrole nitrogens is 1. The number of hydrogen-bond donors (Lipinski definition) is 2. The Balaban J connectivity index is 1.68. The van der Waals surface area contributed by atoms with Gasteiger partial charge >= 0.3 is 5.69 Å². The molecule has 1 amide bonds. The van der Waals surface area contributed by atoms with Gasteiger partial charge in [-0.2, -0.15) is 5.10 Å². The number of hydrogen-bond acceptors (Lipinski definition) is 5. The van der Waals surface area contributed by atoms with Gasteiger partial charge in [-0.15, -0.1) is 0 Å². The Morgan fingerprint density at radius 1 is 1.19 bits per heavy atom. The van der Waals surface area contributed by atoms with Crippen LogP contribution in [0.5, 0.6) is 0 Å². The number of rotatable bonds is 4. The third kappa shape index (κ3) is 3.21. The number of nitrogens with one attached hydrogen (secondary N) is 1. The van der Waals surface area contributed by atoms with E-state index < -0.39 is 5.91 Å². The quantitative estimate of drug-likeness (QED) is 0.728. The molecule has 4 rings (SSSR count). The number of primary amides is 1. The van der Waals surface area contributed by atoms with Crippen LogP contribution < -0.4 is 16.3 Å². The van der Waals surface area contributed by atoms with Gasteiger partial charge in [0.15, 0.2) is 0 Å². The van der Waals surface area contributed by atoms with E-state index in [1.165, 1.54) is 0 Å². The first-order chi connectivity index (χ1) is 13.1.